The van der Waals surface area contributed by atoms with Gasteiger partial charge in [-0.1, -0.05) is 58.3 Å². The summed E-state index contributed by atoms with van der Waals surface area (Å²) in [7, 11) is 0. The van der Waals surface area contributed by atoms with Gasteiger partial charge in [0.2, 0.25) is 0 Å². The summed E-state index contributed by atoms with van der Waals surface area (Å²) in [5, 5.41) is 0. The maximum Gasteiger partial charge on any atom is 0.0200 e. The molecule has 120 valence electrons. The molecular formula is C21H36. The van der Waals surface area contributed by atoms with E-state index >= 15 is 0 Å². The zero-order valence-electron chi connectivity index (χ0n) is 14.3. The van der Waals surface area contributed by atoms with Crippen LogP contribution in [0.1, 0.15) is 96.8 Å². The molecule has 0 bridgehead atoms. The lowest BCUT2D eigenvalue weighted by Gasteiger charge is -2.37. The monoisotopic (exact) mass is 288 g/mol. The van der Waals surface area contributed by atoms with Gasteiger partial charge in [-0.2, -0.15) is 0 Å². The van der Waals surface area contributed by atoms with Gasteiger partial charge in [0.15, 0.2) is 0 Å². The van der Waals surface area contributed by atoms with E-state index in [-0.39, 0.29) is 0 Å². The van der Waals surface area contributed by atoms with Crippen molar-refractivity contribution < 1.29 is 0 Å². The van der Waals surface area contributed by atoms with Gasteiger partial charge in [0.25, 0.3) is 0 Å². The second-order valence-corrected chi connectivity index (χ2v) is 7.76. The van der Waals surface area contributed by atoms with Crippen molar-refractivity contribution in [2.75, 3.05) is 0 Å². The van der Waals surface area contributed by atoms with Crippen molar-refractivity contribution in [1.82, 2.24) is 0 Å². The molecule has 21 heavy (non-hydrogen) atoms. The van der Waals surface area contributed by atoms with Crippen molar-refractivity contribution in [1.29, 1.82) is 0 Å². The van der Waals surface area contributed by atoms with E-state index in [1.165, 1.54) is 89.9 Å². The fraction of sp³-hybridized carbons (Fsp3) is 0.905. The average Bonchev–Trinajstić information content (AvgIpc) is 2.55. The lowest BCUT2D eigenvalue weighted by Crippen LogP contribution is -2.25. The Morgan fingerprint density at radius 1 is 0.762 bits per heavy atom. The van der Waals surface area contributed by atoms with Crippen LogP contribution in [-0.2, 0) is 0 Å². The van der Waals surface area contributed by atoms with Crippen molar-refractivity contribution in [2.24, 2.45) is 23.7 Å². The Labute approximate surface area is 133 Å². The first-order valence-electron chi connectivity index (χ1n) is 9.79. The van der Waals surface area contributed by atoms with Crippen molar-refractivity contribution in [3.05, 3.63) is 0 Å². The second-order valence-electron chi connectivity index (χ2n) is 7.76. The third kappa shape index (κ3) is 5.69. The van der Waals surface area contributed by atoms with Gasteiger partial charge in [0.05, 0.1) is 0 Å². The zero-order valence-corrected chi connectivity index (χ0v) is 14.3. The third-order valence-electron chi connectivity index (χ3n) is 6.28. The van der Waals surface area contributed by atoms with Crippen LogP contribution < -0.4 is 0 Å². The average molecular weight is 289 g/mol. The number of unbranched alkanes of at least 4 members (excludes halogenated alkanes) is 4. The first kappa shape index (κ1) is 16.9. The maximum atomic E-state index is 5.57. The highest BCUT2D eigenvalue weighted by Gasteiger charge is 2.30. The summed E-state index contributed by atoms with van der Waals surface area (Å²) in [6.07, 6.45) is 25.8. The highest BCUT2D eigenvalue weighted by Crippen LogP contribution is 2.42. The molecule has 0 saturated heterocycles. The molecule has 2 saturated carbocycles. The van der Waals surface area contributed by atoms with Gasteiger partial charge < -0.3 is 0 Å². The normalized spacial score (nSPS) is 33.5. The molecule has 0 atom stereocenters. The molecule has 0 aromatic carbocycles. The number of hydrogen-bond donors (Lipinski definition) is 0. The minimum absolute atomic E-state index is 0.598. The van der Waals surface area contributed by atoms with Crippen LogP contribution in [0.2, 0.25) is 0 Å². The third-order valence-corrected chi connectivity index (χ3v) is 6.28. The lowest BCUT2D eigenvalue weighted by molar-refractivity contribution is 0.153. The van der Waals surface area contributed by atoms with Crippen LogP contribution in [0.3, 0.4) is 0 Å². The quantitative estimate of drug-likeness (QED) is 0.366. The molecule has 0 unspecified atom stereocenters. The predicted octanol–water partition coefficient (Wildman–Crippen LogP) is 6.59. The van der Waals surface area contributed by atoms with Gasteiger partial charge in [0.1, 0.15) is 0 Å². The lowest BCUT2D eigenvalue weighted by atomic mass is 9.69. The molecule has 0 aromatic rings. The molecule has 0 aromatic heterocycles. The minimum Gasteiger partial charge on any atom is -0.120 e. The molecule has 0 aliphatic heterocycles. The van der Waals surface area contributed by atoms with Crippen molar-refractivity contribution in [3.8, 4) is 12.3 Å². The summed E-state index contributed by atoms with van der Waals surface area (Å²) in [5.74, 6) is 6.69. The molecule has 2 rings (SSSR count). The fourth-order valence-electron chi connectivity index (χ4n) is 4.74. The van der Waals surface area contributed by atoms with Crippen LogP contribution >= 0.6 is 0 Å². The van der Waals surface area contributed by atoms with Gasteiger partial charge in [-0.05, 0) is 56.3 Å². The Kier molecular flexibility index (Phi) is 7.70. The first-order chi connectivity index (χ1) is 10.3. The van der Waals surface area contributed by atoms with Gasteiger partial charge in [0, 0.05) is 5.92 Å². The molecule has 0 spiro atoms. The molecule has 2 aliphatic carbocycles. The SMILES string of the molecule is C#C[C@H]1CC[C@H]([C@H]2CC[C@H](CCCCCCC)CC2)CC1. The smallest absolute Gasteiger partial charge is 0.0200 e. The van der Waals surface area contributed by atoms with Crippen LogP contribution in [-0.4, -0.2) is 0 Å². The first-order valence-corrected chi connectivity index (χ1v) is 9.79. The summed E-state index contributed by atoms with van der Waals surface area (Å²) in [6, 6.07) is 0. The number of hydrogen-bond acceptors (Lipinski definition) is 0. The van der Waals surface area contributed by atoms with E-state index in [0.717, 1.165) is 17.8 Å². The molecular weight excluding hydrogens is 252 g/mol. The molecule has 0 heterocycles. The number of rotatable bonds is 7. The van der Waals surface area contributed by atoms with E-state index in [4.69, 9.17) is 6.42 Å². The van der Waals surface area contributed by atoms with Gasteiger partial charge in [-0.15, -0.1) is 12.3 Å². The van der Waals surface area contributed by atoms with E-state index in [0.29, 0.717) is 5.92 Å². The van der Waals surface area contributed by atoms with Crippen LogP contribution in [0.25, 0.3) is 0 Å². The maximum absolute atomic E-state index is 5.57. The summed E-state index contributed by atoms with van der Waals surface area (Å²) in [6.45, 7) is 2.30. The molecule has 0 N–H and O–H groups in total. The van der Waals surface area contributed by atoms with Crippen molar-refractivity contribution >= 4 is 0 Å². The van der Waals surface area contributed by atoms with Gasteiger partial charge in [-0.3, -0.25) is 0 Å². The zero-order chi connectivity index (χ0) is 14.9. The molecule has 0 amide bonds. The van der Waals surface area contributed by atoms with Gasteiger partial charge >= 0.3 is 0 Å². The predicted molar refractivity (Wildman–Crippen MR) is 93.1 cm³/mol. The fourth-order valence-corrected chi connectivity index (χ4v) is 4.74. The Morgan fingerprint density at radius 2 is 1.33 bits per heavy atom. The summed E-state index contributed by atoms with van der Waals surface area (Å²) in [5.41, 5.74) is 0. The van der Waals surface area contributed by atoms with Crippen LogP contribution in [0.15, 0.2) is 0 Å². The summed E-state index contributed by atoms with van der Waals surface area (Å²) in [4.78, 5) is 0. The second kappa shape index (κ2) is 9.55. The molecule has 0 heteroatoms. The Balaban J connectivity index is 1.57. The van der Waals surface area contributed by atoms with E-state index < -0.39 is 0 Å². The van der Waals surface area contributed by atoms with E-state index in [1.54, 1.807) is 0 Å². The highest BCUT2D eigenvalue weighted by atomic mass is 14.3. The standard InChI is InChI=1S/C21H36/c1-3-5-6-7-8-9-19-12-16-21(17-13-19)20-14-10-18(4-2)11-15-20/h2,18-21H,3,5-17H2,1H3/t18-,19-,20-,21-. The van der Waals surface area contributed by atoms with Crippen molar-refractivity contribution in [3.63, 3.8) is 0 Å². The highest BCUT2D eigenvalue weighted by molar-refractivity contribution is 4.96. The number of terminal acetylenes is 1. The summed E-state index contributed by atoms with van der Waals surface area (Å²) < 4.78 is 0. The van der Waals surface area contributed by atoms with Crippen LogP contribution in [0.5, 0.6) is 0 Å². The Morgan fingerprint density at radius 3 is 1.90 bits per heavy atom. The van der Waals surface area contributed by atoms with Crippen LogP contribution in [0.4, 0.5) is 0 Å². The van der Waals surface area contributed by atoms with Crippen molar-refractivity contribution in [2.45, 2.75) is 96.8 Å². The molecule has 0 nitrogen and oxygen atoms in total. The largest absolute Gasteiger partial charge is 0.120 e. The van der Waals surface area contributed by atoms with E-state index in [1.807, 2.05) is 0 Å². The molecule has 2 aliphatic rings. The molecule has 2 fully saturated rings. The summed E-state index contributed by atoms with van der Waals surface area (Å²) >= 11 is 0. The van der Waals surface area contributed by atoms with E-state index in [2.05, 4.69) is 12.8 Å². The minimum atomic E-state index is 0.598. The van der Waals surface area contributed by atoms with Crippen LogP contribution in [0, 0.1) is 36.0 Å². The Hall–Kier alpha value is -0.440. The topological polar surface area (TPSA) is 0 Å². The Bertz CT molecular complexity index is 294. The van der Waals surface area contributed by atoms with Gasteiger partial charge in [-0.25, -0.2) is 0 Å². The molecule has 0 radical (unpaired) electrons. The van der Waals surface area contributed by atoms with E-state index in [9.17, 15) is 0 Å².